The first kappa shape index (κ1) is 12.1. The molecule has 1 unspecified atom stereocenters. The van der Waals surface area contributed by atoms with Gasteiger partial charge in [-0.05, 0) is 32.7 Å². The van der Waals surface area contributed by atoms with Crippen LogP contribution in [0.5, 0.6) is 0 Å². The molecule has 0 spiro atoms. The van der Waals surface area contributed by atoms with Crippen LogP contribution in [0.2, 0.25) is 0 Å². The maximum absolute atomic E-state index is 5.73. The first-order valence-corrected chi connectivity index (χ1v) is 6.21. The van der Waals surface area contributed by atoms with Crippen LogP contribution < -0.4 is 11.1 Å². The predicted molar refractivity (Wildman–Crippen MR) is 69.8 cm³/mol. The fraction of sp³-hybridized carbons (Fsp3) is 0.667. The van der Waals surface area contributed by atoms with E-state index >= 15 is 0 Å². The molecule has 5 nitrogen and oxygen atoms in total. The van der Waals surface area contributed by atoms with Gasteiger partial charge in [-0.1, -0.05) is 0 Å². The molecule has 1 aromatic heterocycles. The van der Waals surface area contributed by atoms with Crippen molar-refractivity contribution >= 4 is 11.6 Å². The molecular formula is C12H21N5. The summed E-state index contributed by atoms with van der Waals surface area (Å²) in [5.41, 5.74) is 5.73. The Bertz CT molecular complexity index is 366. The zero-order chi connectivity index (χ0) is 12.3. The van der Waals surface area contributed by atoms with E-state index in [1.165, 1.54) is 13.0 Å². The monoisotopic (exact) mass is 235 g/mol. The lowest BCUT2D eigenvalue weighted by Crippen LogP contribution is -2.29. The van der Waals surface area contributed by atoms with E-state index < -0.39 is 0 Å². The predicted octanol–water partition coefficient (Wildman–Crippen LogP) is 1.20. The number of rotatable bonds is 4. The van der Waals surface area contributed by atoms with Crippen LogP contribution >= 0.6 is 0 Å². The Morgan fingerprint density at radius 3 is 2.88 bits per heavy atom. The highest BCUT2D eigenvalue weighted by Crippen LogP contribution is 2.19. The molecule has 0 bridgehead atoms. The molecule has 1 fully saturated rings. The maximum Gasteiger partial charge on any atom is 0.168 e. The molecule has 2 heterocycles. The summed E-state index contributed by atoms with van der Waals surface area (Å²) < 4.78 is 0. The number of hydrogen-bond acceptors (Lipinski definition) is 5. The summed E-state index contributed by atoms with van der Waals surface area (Å²) in [5, 5.41) is 3.29. The largest absolute Gasteiger partial charge is 0.381 e. The Morgan fingerprint density at radius 1 is 1.47 bits per heavy atom. The number of nitrogens with two attached hydrogens (primary N) is 1. The van der Waals surface area contributed by atoms with Crippen LogP contribution in [0.1, 0.15) is 20.3 Å². The molecule has 1 aromatic rings. The average Bonchev–Trinajstić information content (AvgIpc) is 2.77. The zero-order valence-electron chi connectivity index (χ0n) is 10.6. The third-order valence-electron chi connectivity index (χ3n) is 3.33. The molecule has 0 saturated carbocycles. The third-order valence-corrected chi connectivity index (χ3v) is 3.33. The quantitative estimate of drug-likeness (QED) is 0.821. The second-order valence-electron chi connectivity index (χ2n) is 4.91. The second-order valence-corrected chi connectivity index (χ2v) is 4.91. The van der Waals surface area contributed by atoms with Crippen LogP contribution in [0.4, 0.5) is 11.6 Å². The Labute approximate surface area is 102 Å². The van der Waals surface area contributed by atoms with Crippen molar-refractivity contribution in [3.63, 3.8) is 0 Å². The van der Waals surface area contributed by atoms with Crippen LogP contribution in [-0.2, 0) is 0 Å². The third kappa shape index (κ3) is 3.06. The Morgan fingerprint density at radius 2 is 2.24 bits per heavy atom. The summed E-state index contributed by atoms with van der Waals surface area (Å²) in [6.45, 7) is 7.77. The van der Waals surface area contributed by atoms with Gasteiger partial charge in [0.05, 0.1) is 0 Å². The lowest BCUT2D eigenvalue weighted by molar-refractivity contribution is 0.266. The minimum absolute atomic E-state index is 0.478. The van der Waals surface area contributed by atoms with E-state index in [-0.39, 0.29) is 0 Å². The molecule has 0 aliphatic carbocycles. The van der Waals surface area contributed by atoms with E-state index in [0.29, 0.717) is 23.6 Å². The number of aromatic nitrogens is 2. The van der Waals surface area contributed by atoms with Gasteiger partial charge in [0.25, 0.3) is 0 Å². The number of nitrogen functional groups attached to an aromatic ring is 1. The first-order chi connectivity index (χ1) is 8.16. The lowest BCUT2D eigenvalue weighted by atomic mass is 10.1. The van der Waals surface area contributed by atoms with E-state index in [4.69, 9.17) is 5.73 Å². The van der Waals surface area contributed by atoms with E-state index in [1.807, 2.05) is 0 Å². The van der Waals surface area contributed by atoms with Gasteiger partial charge in [-0.15, -0.1) is 0 Å². The van der Waals surface area contributed by atoms with E-state index in [2.05, 4.69) is 34.0 Å². The SMILES string of the molecule is CC(C)N1CCC(CNc2nccnc2N)C1. The summed E-state index contributed by atoms with van der Waals surface area (Å²) in [7, 11) is 0. The summed E-state index contributed by atoms with van der Waals surface area (Å²) in [4.78, 5) is 10.7. The van der Waals surface area contributed by atoms with Crippen molar-refractivity contribution in [2.75, 3.05) is 30.7 Å². The molecule has 17 heavy (non-hydrogen) atoms. The van der Waals surface area contributed by atoms with Crippen molar-refractivity contribution < 1.29 is 0 Å². The fourth-order valence-electron chi connectivity index (χ4n) is 2.22. The zero-order valence-corrected chi connectivity index (χ0v) is 10.6. The standard InChI is InChI=1S/C12H21N5/c1-9(2)17-6-3-10(8-17)7-16-12-11(13)14-4-5-15-12/h4-5,9-10H,3,6-8H2,1-2H3,(H2,13,14)(H,15,16). The number of hydrogen-bond donors (Lipinski definition) is 2. The highest BCUT2D eigenvalue weighted by Gasteiger charge is 2.23. The maximum atomic E-state index is 5.73. The Balaban J connectivity index is 1.82. The minimum atomic E-state index is 0.478. The van der Waals surface area contributed by atoms with Crippen molar-refractivity contribution in [2.45, 2.75) is 26.3 Å². The van der Waals surface area contributed by atoms with Gasteiger partial charge in [0.2, 0.25) is 0 Å². The van der Waals surface area contributed by atoms with Gasteiger partial charge >= 0.3 is 0 Å². The summed E-state index contributed by atoms with van der Waals surface area (Å²) in [6, 6.07) is 0.640. The molecular weight excluding hydrogens is 214 g/mol. The van der Waals surface area contributed by atoms with Crippen LogP contribution in [0, 0.1) is 5.92 Å². The van der Waals surface area contributed by atoms with Gasteiger partial charge in [0, 0.05) is 31.5 Å². The molecule has 5 heteroatoms. The highest BCUT2D eigenvalue weighted by molar-refractivity contribution is 5.54. The van der Waals surface area contributed by atoms with Crippen LogP contribution in [0.3, 0.4) is 0 Å². The first-order valence-electron chi connectivity index (χ1n) is 6.21. The molecule has 3 N–H and O–H groups in total. The van der Waals surface area contributed by atoms with Gasteiger partial charge in [0.1, 0.15) is 0 Å². The summed E-state index contributed by atoms with van der Waals surface area (Å²) >= 11 is 0. The van der Waals surface area contributed by atoms with Crippen molar-refractivity contribution in [1.29, 1.82) is 0 Å². The van der Waals surface area contributed by atoms with Crippen LogP contribution in [0.15, 0.2) is 12.4 Å². The van der Waals surface area contributed by atoms with Crippen LogP contribution in [0.25, 0.3) is 0 Å². The molecule has 0 aromatic carbocycles. The number of likely N-dealkylation sites (tertiary alicyclic amines) is 1. The Hall–Kier alpha value is -1.36. The van der Waals surface area contributed by atoms with Gasteiger partial charge in [-0.2, -0.15) is 0 Å². The molecule has 0 radical (unpaired) electrons. The molecule has 1 saturated heterocycles. The smallest absolute Gasteiger partial charge is 0.168 e. The van der Waals surface area contributed by atoms with Gasteiger partial charge in [-0.3, -0.25) is 0 Å². The molecule has 1 aliphatic rings. The lowest BCUT2D eigenvalue weighted by Gasteiger charge is -2.20. The highest BCUT2D eigenvalue weighted by atomic mass is 15.2. The normalized spacial score (nSPS) is 21.0. The molecule has 1 aliphatic heterocycles. The fourth-order valence-corrected chi connectivity index (χ4v) is 2.22. The van der Waals surface area contributed by atoms with E-state index in [1.54, 1.807) is 12.4 Å². The molecule has 2 rings (SSSR count). The molecule has 94 valence electrons. The van der Waals surface area contributed by atoms with Gasteiger partial charge in [0.15, 0.2) is 11.6 Å². The Kier molecular flexibility index (Phi) is 3.78. The average molecular weight is 235 g/mol. The van der Waals surface area contributed by atoms with Crippen LogP contribution in [-0.4, -0.2) is 40.5 Å². The number of anilines is 2. The number of nitrogens with one attached hydrogen (secondary N) is 1. The minimum Gasteiger partial charge on any atom is -0.381 e. The topological polar surface area (TPSA) is 67.1 Å². The molecule has 1 atom stereocenters. The second kappa shape index (κ2) is 5.31. The number of nitrogens with zero attached hydrogens (tertiary/aromatic N) is 3. The summed E-state index contributed by atoms with van der Waals surface area (Å²) in [5.74, 6) is 1.86. The van der Waals surface area contributed by atoms with E-state index in [9.17, 15) is 0 Å². The van der Waals surface area contributed by atoms with Gasteiger partial charge < -0.3 is 16.0 Å². The van der Waals surface area contributed by atoms with Crippen molar-refractivity contribution in [1.82, 2.24) is 14.9 Å². The van der Waals surface area contributed by atoms with E-state index in [0.717, 1.165) is 13.1 Å². The summed E-state index contributed by atoms with van der Waals surface area (Å²) in [6.07, 6.45) is 4.51. The van der Waals surface area contributed by atoms with Crippen molar-refractivity contribution in [2.24, 2.45) is 5.92 Å². The molecule has 0 amide bonds. The van der Waals surface area contributed by atoms with Crippen molar-refractivity contribution in [3.05, 3.63) is 12.4 Å². The van der Waals surface area contributed by atoms with Gasteiger partial charge in [-0.25, -0.2) is 9.97 Å². The van der Waals surface area contributed by atoms with Crippen molar-refractivity contribution in [3.8, 4) is 0 Å².